The number of hydrogen-bond donors (Lipinski definition) is 8. The SMILES string of the molecule is CCC(C)CN(C(=O)Nc1ccc(F)cc1)C1CCN([C@H](C)CCNC(=O)c2c(C)cc(Cl)nc2C)CC1.CCCCCCN(C(=O)NCC)C1CCN([C@H](C)CCNC(=O)c2c(C)cc(Cl)nc2Cl)CC1.Cc1cc(Cl)nc(C)c1C(=O)NCC[C@@H](C)N1CCC(N(Cc2ccsc2)C(=NC(C)C)NC#N)CC1.Cc1cc(Cl)nc(C)c1C(=O)NCC[C@@H](C)N1CCC(N(Cc2ccsc2)C(=NC2CC2)NC#N)CC1. The molecular formula is C108H156Cl5FN24O6S2. The molecule has 5 aliphatic rings. The second kappa shape index (κ2) is 61.5. The van der Waals surface area contributed by atoms with Crippen LogP contribution in [-0.2, 0) is 13.1 Å². The lowest BCUT2D eigenvalue weighted by atomic mass is 9.99. The molecule has 1 aliphatic carbocycles. The minimum Gasteiger partial charge on any atom is -0.352 e. The zero-order valence-corrected chi connectivity index (χ0v) is 94.0. The number of carbonyl (C=O) groups is 6. The number of pyridine rings is 4. The summed E-state index contributed by atoms with van der Waals surface area (Å²) in [5.41, 5.74) is 10.4. The summed E-state index contributed by atoms with van der Waals surface area (Å²) in [6.07, 6.45) is 23.2. The lowest BCUT2D eigenvalue weighted by Crippen LogP contribution is -2.52. The number of guanidine groups is 2. The third-order valence-electron chi connectivity index (χ3n) is 28.2. The highest BCUT2D eigenvalue weighted by Gasteiger charge is 2.37. The van der Waals surface area contributed by atoms with E-state index in [4.69, 9.17) is 68.0 Å². The average molecular weight is 2150 g/mol. The van der Waals surface area contributed by atoms with Crippen molar-refractivity contribution < 1.29 is 33.2 Å². The van der Waals surface area contributed by atoms with E-state index in [0.717, 1.165) is 191 Å². The van der Waals surface area contributed by atoms with Gasteiger partial charge in [0.2, 0.25) is 11.9 Å². The molecule has 0 radical (unpaired) electrons. The molecule has 7 aromatic rings. The van der Waals surface area contributed by atoms with Crippen molar-refractivity contribution in [2.75, 3.05) is 103 Å². The molecule has 10 heterocycles. The van der Waals surface area contributed by atoms with Crippen LogP contribution in [0.15, 0.2) is 92.2 Å². The summed E-state index contributed by atoms with van der Waals surface area (Å²) in [4.78, 5) is 121. The Morgan fingerprint density at radius 1 is 0.459 bits per heavy atom. The van der Waals surface area contributed by atoms with Crippen LogP contribution in [0.5, 0.6) is 0 Å². The zero-order valence-electron chi connectivity index (χ0n) is 88.6. The molecule has 798 valence electrons. The summed E-state index contributed by atoms with van der Waals surface area (Å²) in [7, 11) is 0. The Labute approximate surface area is 899 Å². The third-order valence-corrected chi connectivity index (χ3v) is 30.7. The van der Waals surface area contributed by atoms with Crippen LogP contribution in [0.4, 0.5) is 19.7 Å². The van der Waals surface area contributed by atoms with Crippen LogP contribution in [-0.4, -0.2) is 265 Å². The van der Waals surface area contributed by atoms with E-state index in [9.17, 15) is 43.7 Å². The number of thiophene rings is 2. The highest BCUT2D eigenvalue weighted by atomic mass is 35.5. The minimum absolute atomic E-state index is 0.0684. The van der Waals surface area contributed by atoms with Gasteiger partial charge in [0.1, 0.15) is 31.6 Å². The molecule has 30 nitrogen and oxygen atoms in total. The van der Waals surface area contributed by atoms with Crippen molar-refractivity contribution in [2.24, 2.45) is 15.9 Å². The van der Waals surface area contributed by atoms with Crippen molar-refractivity contribution in [1.29, 1.82) is 10.5 Å². The Hall–Kier alpha value is -9.62. The van der Waals surface area contributed by atoms with Crippen LogP contribution in [0.3, 0.4) is 0 Å². The van der Waals surface area contributed by atoms with Crippen LogP contribution in [0.1, 0.15) is 283 Å². The smallest absolute Gasteiger partial charge is 0.322 e. The number of likely N-dealkylation sites (tertiary alicyclic amines) is 4. The van der Waals surface area contributed by atoms with Gasteiger partial charge in [-0.05, 0) is 315 Å². The lowest BCUT2D eigenvalue weighted by molar-refractivity contribution is 0.0900. The molecule has 1 aromatic carbocycles. The van der Waals surface area contributed by atoms with E-state index in [2.05, 4.69) is 191 Å². The van der Waals surface area contributed by atoms with E-state index in [-0.39, 0.29) is 63.9 Å². The fraction of sp³-hybridized carbons (Fsp3) is 0.593. The van der Waals surface area contributed by atoms with Crippen LogP contribution >= 0.6 is 80.7 Å². The monoisotopic (exact) mass is 2140 g/mol. The molecule has 38 heteroatoms. The Morgan fingerprint density at radius 2 is 0.822 bits per heavy atom. The number of unbranched alkanes of at least 4 members (excludes halogenated alkanes) is 3. The molecule has 1 saturated carbocycles. The number of amides is 8. The minimum atomic E-state index is -0.326. The Balaban J connectivity index is 0.000000217. The second-order valence-corrected chi connectivity index (χ2v) is 43.1. The normalized spacial score (nSPS) is 16.4. The van der Waals surface area contributed by atoms with Gasteiger partial charge >= 0.3 is 12.1 Å². The molecule has 4 saturated heterocycles. The van der Waals surface area contributed by atoms with E-state index < -0.39 is 0 Å². The molecule has 8 amide bonds. The van der Waals surface area contributed by atoms with E-state index in [1.807, 2.05) is 60.3 Å². The molecule has 8 N–H and O–H groups in total. The van der Waals surface area contributed by atoms with Crippen LogP contribution < -0.4 is 42.5 Å². The number of nitrogens with one attached hydrogen (secondary N) is 8. The Morgan fingerprint density at radius 3 is 1.16 bits per heavy atom. The van der Waals surface area contributed by atoms with Gasteiger partial charge in [-0.2, -0.15) is 33.2 Å². The number of carbonyl (C=O) groups excluding carboxylic acids is 6. The summed E-state index contributed by atoms with van der Waals surface area (Å²) >= 11 is 33.4. The molecule has 6 aromatic heterocycles. The number of aryl methyl sites for hydroxylation is 7. The summed E-state index contributed by atoms with van der Waals surface area (Å²) in [6.45, 7) is 47.8. The Kier molecular flexibility index (Phi) is 50.5. The maximum absolute atomic E-state index is 13.3. The van der Waals surface area contributed by atoms with Gasteiger partial charge in [-0.1, -0.05) is 104 Å². The van der Waals surface area contributed by atoms with Crippen molar-refractivity contribution >= 4 is 134 Å². The fourth-order valence-corrected chi connectivity index (χ4v) is 22.3. The molecular weight excluding hydrogens is 1990 g/mol. The topological polar surface area (TPSA) is 348 Å². The largest absolute Gasteiger partial charge is 0.352 e. The molecule has 5 fully saturated rings. The van der Waals surface area contributed by atoms with Crippen LogP contribution in [0.2, 0.25) is 25.8 Å². The molecule has 12 rings (SSSR count). The maximum Gasteiger partial charge on any atom is 0.322 e. The van der Waals surface area contributed by atoms with Gasteiger partial charge in [0.25, 0.3) is 23.6 Å². The number of nitrogens with zero attached hydrogens (tertiary/aromatic N) is 16. The highest BCUT2D eigenvalue weighted by molar-refractivity contribution is 7.08. The first-order chi connectivity index (χ1) is 69.9. The number of rotatable bonds is 40. The van der Waals surface area contributed by atoms with Crippen LogP contribution in [0.25, 0.3) is 0 Å². The van der Waals surface area contributed by atoms with Crippen molar-refractivity contribution in [3.8, 4) is 12.4 Å². The summed E-state index contributed by atoms with van der Waals surface area (Å²) in [5, 5.41) is 52.6. The second-order valence-electron chi connectivity index (χ2n) is 39.7. The van der Waals surface area contributed by atoms with Crippen molar-refractivity contribution in [2.45, 2.75) is 313 Å². The van der Waals surface area contributed by atoms with E-state index in [1.54, 1.807) is 72.9 Å². The number of hydrogen-bond acceptors (Lipinski definition) is 20. The average Bonchev–Trinajstić information content (AvgIpc) is 1.80. The maximum atomic E-state index is 13.3. The third kappa shape index (κ3) is 38.1. The van der Waals surface area contributed by atoms with Crippen molar-refractivity contribution in [1.82, 2.24) is 96.4 Å². The highest BCUT2D eigenvalue weighted by Crippen LogP contribution is 2.32. The van der Waals surface area contributed by atoms with Gasteiger partial charge in [-0.15, -0.1) is 0 Å². The summed E-state index contributed by atoms with van der Waals surface area (Å²) < 4.78 is 13.3. The number of halogens is 6. The molecule has 5 atom stereocenters. The summed E-state index contributed by atoms with van der Waals surface area (Å²) in [5.74, 6) is 0.886. The molecule has 146 heavy (non-hydrogen) atoms. The molecule has 1 unspecified atom stereocenters. The number of benzene rings is 1. The quantitative estimate of drug-likeness (QED) is 0.00442. The van der Waals surface area contributed by atoms with Gasteiger partial charge in [0, 0.05) is 171 Å². The lowest BCUT2D eigenvalue weighted by Gasteiger charge is -2.41. The fourth-order valence-electron chi connectivity index (χ4n) is 19.5. The van der Waals surface area contributed by atoms with Crippen molar-refractivity contribution in [3.63, 3.8) is 0 Å². The van der Waals surface area contributed by atoms with E-state index >= 15 is 0 Å². The Bertz CT molecular complexity index is 5180. The predicted octanol–water partition coefficient (Wildman–Crippen LogP) is 20.5. The van der Waals surface area contributed by atoms with Gasteiger partial charge in [0.15, 0.2) is 12.4 Å². The van der Waals surface area contributed by atoms with Crippen LogP contribution in [0, 0.1) is 83.1 Å². The number of anilines is 1. The van der Waals surface area contributed by atoms with Gasteiger partial charge < -0.3 is 71.1 Å². The van der Waals surface area contributed by atoms with Gasteiger partial charge in [-0.25, -0.2) is 43.9 Å². The van der Waals surface area contributed by atoms with E-state index in [0.29, 0.717) is 171 Å². The first-order valence-corrected chi connectivity index (χ1v) is 55.9. The number of aliphatic imine (C=N–C) groups is 2. The molecule has 4 aliphatic heterocycles. The number of urea groups is 2. The number of piperidine rings is 4. The predicted molar refractivity (Wildman–Crippen MR) is 591 cm³/mol. The van der Waals surface area contributed by atoms with E-state index in [1.165, 1.54) is 42.5 Å². The number of aromatic nitrogens is 4. The molecule has 0 bridgehead atoms. The number of nitriles is 2. The first kappa shape index (κ1) is 120. The van der Waals surface area contributed by atoms with Gasteiger partial charge in [-0.3, -0.25) is 29.8 Å². The van der Waals surface area contributed by atoms with Gasteiger partial charge in [0.05, 0.1) is 45.4 Å². The summed E-state index contributed by atoms with van der Waals surface area (Å²) in [6, 6.07) is 19.7. The van der Waals surface area contributed by atoms with Crippen molar-refractivity contribution in [3.05, 3.63) is 186 Å². The zero-order chi connectivity index (χ0) is 106. The standard InChI is InChI=1S/C29H41ClFN5O2.C27H36ClN7OS.C27H38ClN7OS.C25H41Cl2N5O2/c1-6-19(2)18-36(29(38)34-24-9-7-23(31)8-10-24)25-12-15-35(16-13-25)21(4)11-14-32-28(37)27-20(3)17-26(30)33-22(27)5;1-18-14-24(28)32-20(3)25(18)26(36)30-10-6-19(2)34-11-7-23(8-12-34)35(15-21-9-13-37-16-21)27(31-17-29)33-22-4-5-22;1-18(2)32-27(31-17-29)35(15-22-9-13-37-16-22)23-7-11-34(12-8-23)20(4)6-10-30-26(36)25-19(3)14-24(28)33-21(25)5;1-5-7-8-9-14-32(25(34)28-6-2)20-11-15-31(16-12-20)19(4)10-13-29-24(33)22-18(3)17-21(26)30-23(22)27/h7-10,17,19,21,25H,6,11-16,18H2,1-5H3,(H,32,37)(H,34,38);9,13-14,16,19,22-23H,4-8,10-12,15H2,1-3H3,(H,30,36)(H,31,33);9,13-14,16,18,20,23H,6-8,10-12,15H2,1-5H3,(H,30,36)(H,31,32);17,19-20H,5-16H2,1-4H3,(H,28,34)(H,29,33)/t19?,21-;19-;20-;19-/m1111/s1. The molecule has 0 spiro atoms. The first-order valence-electron chi connectivity index (χ1n) is 52.1.